The maximum atomic E-state index is 12.6. The molecule has 0 fully saturated rings. The third kappa shape index (κ3) is 6.13. The van der Waals surface area contributed by atoms with Crippen LogP contribution in [0.2, 0.25) is 0 Å². The first kappa shape index (κ1) is 21.0. The Morgan fingerprint density at radius 1 is 1.15 bits per heavy atom. The molecule has 2 rings (SSSR count). The van der Waals surface area contributed by atoms with E-state index in [1.54, 1.807) is 36.4 Å². The van der Waals surface area contributed by atoms with Crippen LogP contribution in [-0.2, 0) is 19.6 Å². The molecule has 0 saturated heterocycles. The Morgan fingerprint density at radius 2 is 1.78 bits per heavy atom. The monoisotopic (exact) mass is 407 g/mol. The number of hydrogen-bond donors (Lipinski definition) is 0. The van der Waals surface area contributed by atoms with Gasteiger partial charge in [0.2, 0.25) is 10.0 Å². The zero-order chi connectivity index (χ0) is 19.9. The molecule has 0 saturated carbocycles. The molecule has 27 heavy (non-hydrogen) atoms. The number of carbonyl (C=O) groups is 1. The quantitative estimate of drug-likeness (QED) is 0.470. The van der Waals surface area contributed by atoms with Gasteiger partial charge in [0.1, 0.15) is 11.9 Å². The first-order chi connectivity index (χ1) is 12.8. The number of benzene rings is 2. The fraction of sp³-hybridized carbons (Fsp3) is 0.263. The average Bonchev–Trinajstić information content (AvgIpc) is 2.66. The summed E-state index contributed by atoms with van der Waals surface area (Å²) in [6.45, 7) is 1.49. The fourth-order valence-electron chi connectivity index (χ4n) is 2.21. The predicted octanol–water partition coefficient (Wildman–Crippen LogP) is 2.61. The number of hydrogen-bond acceptors (Lipinski definition) is 6. The summed E-state index contributed by atoms with van der Waals surface area (Å²) in [6, 6.07) is 15.3. The average molecular weight is 408 g/mol. The molecule has 0 aliphatic heterocycles. The van der Waals surface area contributed by atoms with E-state index in [1.165, 1.54) is 24.5 Å². The number of nitrogens with zero attached hydrogens (tertiary/aromatic N) is 1. The molecule has 1 atom stereocenters. The van der Waals surface area contributed by atoms with Gasteiger partial charge in [-0.15, -0.1) is 0 Å². The molecule has 2 aromatic carbocycles. The smallest absolute Gasteiger partial charge is 0.344 e. The van der Waals surface area contributed by atoms with Gasteiger partial charge in [-0.3, -0.25) is 0 Å². The van der Waals surface area contributed by atoms with Gasteiger partial charge in [-0.2, -0.15) is 4.31 Å². The Bertz CT molecular complexity index is 867. The Morgan fingerprint density at radius 3 is 2.37 bits per heavy atom. The van der Waals surface area contributed by atoms with Gasteiger partial charge in [0.25, 0.3) is 0 Å². The van der Waals surface area contributed by atoms with Crippen molar-refractivity contribution in [2.75, 3.05) is 20.2 Å². The summed E-state index contributed by atoms with van der Waals surface area (Å²) in [7, 11) is -2.30. The highest BCUT2D eigenvalue weighted by Crippen LogP contribution is 2.15. The molecule has 0 aromatic heterocycles. The van der Waals surface area contributed by atoms with Crippen LogP contribution in [0, 0.1) is 6.92 Å². The number of likely N-dealkylation sites (N-methyl/N-ethyl adjacent to an activating group) is 1. The minimum Gasteiger partial charge on any atom is -0.482 e. The molecular weight excluding hydrogens is 386 g/mol. The van der Waals surface area contributed by atoms with Gasteiger partial charge in [0.15, 0.2) is 6.61 Å². The van der Waals surface area contributed by atoms with Crippen molar-refractivity contribution in [3.05, 3.63) is 60.2 Å². The number of thiocarbonyl (C=S) groups is 1. The number of aryl methyl sites for hydroxylation is 1. The zero-order valence-electron chi connectivity index (χ0n) is 15.1. The molecular formula is C19H21NO5S2. The van der Waals surface area contributed by atoms with E-state index in [0.29, 0.717) is 5.75 Å². The lowest BCUT2D eigenvalue weighted by molar-refractivity contribution is -0.148. The predicted molar refractivity (Wildman–Crippen MR) is 106 cm³/mol. The Hall–Kier alpha value is -2.29. The zero-order valence-corrected chi connectivity index (χ0v) is 16.7. The van der Waals surface area contributed by atoms with E-state index in [0.717, 1.165) is 9.87 Å². The molecule has 6 nitrogen and oxygen atoms in total. The topological polar surface area (TPSA) is 72.9 Å². The van der Waals surface area contributed by atoms with E-state index in [2.05, 4.69) is 0 Å². The van der Waals surface area contributed by atoms with Crippen LogP contribution in [-0.4, -0.2) is 50.4 Å². The van der Waals surface area contributed by atoms with Crippen LogP contribution in [0.5, 0.6) is 5.75 Å². The third-order valence-corrected chi connectivity index (χ3v) is 5.84. The van der Waals surface area contributed by atoms with E-state index in [-0.39, 0.29) is 18.0 Å². The Balaban J connectivity index is 1.93. The van der Waals surface area contributed by atoms with Gasteiger partial charge in [-0.1, -0.05) is 48.1 Å². The van der Waals surface area contributed by atoms with E-state index in [4.69, 9.17) is 21.7 Å². The highest BCUT2D eigenvalue weighted by atomic mass is 32.2. The van der Waals surface area contributed by atoms with Crippen molar-refractivity contribution in [3.63, 3.8) is 0 Å². The summed E-state index contributed by atoms with van der Waals surface area (Å²) < 4.78 is 36.8. The van der Waals surface area contributed by atoms with Crippen molar-refractivity contribution < 1.29 is 22.7 Å². The van der Waals surface area contributed by atoms with Crippen molar-refractivity contribution in [1.82, 2.24) is 4.31 Å². The number of esters is 1. The number of para-hydroxylation sites is 1. The molecule has 0 N–H and O–H groups in total. The second-order valence-electron chi connectivity index (χ2n) is 5.86. The lowest BCUT2D eigenvalue weighted by Gasteiger charge is -2.21. The lowest BCUT2D eigenvalue weighted by Crippen LogP contribution is -2.37. The molecule has 0 heterocycles. The lowest BCUT2D eigenvalue weighted by atomic mass is 10.2. The normalized spacial score (nSPS) is 12.4. The first-order valence-electron chi connectivity index (χ1n) is 8.18. The van der Waals surface area contributed by atoms with Crippen molar-refractivity contribution in [2.24, 2.45) is 0 Å². The highest BCUT2D eigenvalue weighted by molar-refractivity contribution is 7.89. The molecule has 0 bridgehead atoms. The van der Waals surface area contributed by atoms with Crippen molar-refractivity contribution in [1.29, 1.82) is 0 Å². The molecule has 2 aromatic rings. The maximum absolute atomic E-state index is 12.6. The minimum atomic E-state index is -3.71. The van der Waals surface area contributed by atoms with Crippen molar-refractivity contribution in [3.8, 4) is 5.75 Å². The van der Waals surface area contributed by atoms with Crippen LogP contribution in [0.3, 0.4) is 0 Å². The second kappa shape index (κ2) is 9.59. The van der Waals surface area contributed by atoms with Crippen LogP contribution in [0.4, 0.5) is 0 Å². The SMILES string of the molecule is Cc1ccc(S(=O)(=O)N(C)CC(C=S)OC(=O)COc2ccccc2)cc1. The minimum absolute atomic E-state index is 0.0865. The molecule has 8 heteroatoms. The molecule has 0 aliphatic carbocycles. The Kier molecular flexibility index (Phi) is 7.46. The molecule has 144 valence electrons. The van der Waals surface area contributed by atoms with Crippen LogP contribution < -0.4 is 4.74 Å². The van der Waals surface area contributed by atoms with Crippen molar-refractivity contribution in [2.45, 2.75) is 17.9 Å². The van der Waals surface area contributed by atoms with Gasteiger partial charge < -0.3 is 9.47 Å². The third-order valence-electron chi connectivity index (χ3n) is 3.70. The summed E-state index contributed by atoms with van der Waals surface area (Å²) in [6.07, 6.45) is -0.864. The summed E-state index contributed by atoms with van der Waals surface area (Å²) in [4.78, 5) is 12.1. The number of sulfonamides is 1. The maximum Gasteiger partial charge on any atom is 0.344 e. The van der Waals surface area contributed by atoms with Crippen LogP contribution in [0.15, 0.2) is 59.5 Å². The van der Waals surface area contributed by atoms with Gasteiger partial charge >= 0.3 is 5.97 Å². The first-order valence-corrected chi connectivity index (χ1v) is 10.1. The molecule has 0 radical (unpaired) electrons. The standard InChI is InChI=1S/C19H21NO5S2/c1-15-8-10-18(11-9-15)27(22,23)20(2)12-17(14-26)25-19(21)13-24-16-6-4-3-5-7-16/h3-11,14,17H,12-13H2,1-2H3. The molecule has 0 amide bonds. The van der Waals surface area contributed by atoms with Crippen LogP contribution in [0.25, 0.3) is 0 Å². The van der Waals surface area contributed by atoms with Gasteiger partial charge in [-0.05, 0) is 31.2 Å². The van der Waals surface area contributed by atoms with Gasteiger partial charge in [-0.25, -0.2) is 13.2 Å². The van der Waals surface area contributed by atoms with E-state index < -0.39 is 22.1 Å². The highest BCUT2D eigenvalue weighted by Gasteiger charge is 2.24. The van der Waals surface area contributed by atoms with Crippen molar-refractivity contribution >= 4 is 33.6 Å². The molecule has 1 unspecified atom stereocenters. The van der Waals surface area contributed by atoms with Crippen LogP contribution >= 0.6 is 12.2 Å². The number of rotatable bonds is 9. The molecule has 0 aliphatic rings. The number of carbonyl (C=O) groups excluding carboxylic acids is 1. The summed E-state index contributed by atoms with van der Waals surface area (Å²) in [5.41, 5.74) is 0.959. The van der Waals surface area contributed by atoms with E-state index in [9.17, 15) is 13.2 Å². The summed E-state index contributed by atoms with van der Waals surface area (Å²) in [5, 5.41) is 1.22. The van der Waals surface area contributed by atoms with Gasteiger partial charge in [0, 0.05) is 12.4 Å². The molecule has 0 spiro atoms. The van der Waals surface area contributed by atoms with Gasteiger partial charge in [0.05, 0.1) is 11.4 Å². The largest absolute Gasteiger partial charge is 0.482 e. The summed E-state index contributed by atoms with van der Waals surface area (Å²) >= 11 is 4.88. The van der Waals surface area contributed by atoms with E-state index in [1.807, 2.05) is 13.0 Å². The second-order valence-corrected chi connectivity index (χ2v) is 8.18. The number of ether oxygens (including phenoxy) is 2. The Labute approximate surface area is 164 Å². The van der Waals surface area contributed by atoms with Crippen LogP contribution in [0.1, 0.15) is 5.56 Å². The summed E-state index contributed by atoms with van der Waals surface area (Å²) in [5.74, 6) is -0.0986. The van der Waals surface area contributed by atoms with E-state index >= 15 is 0 Å². The fourth-order valence-corrected chi connectivity index (χ4v) is 3.54.